The molecule has 0 unspecified atom stereocenters. The van der Waals surface area contributed by atoms with Gasteiger partial charge in [-0.1, -0.05) is 103 Å². The molecule has 0 radical (unpaired) electrons. The monoisotopic (exact) mass is 748 g/mol. The van der Waals surface area contributed by atoms with Gasteiger partial charge in [0.05, 0.1) is 32.2 Å². The second-order valence-electron chi connectivity index (χ2n) is 12.2. The van der Waals surface area contributed by atoms with E-state index in [-0.39, 0.29) is 17.1 Å². The second kappa shape index (κ2) is 18.1. The number of aliphatic hydroxyl groups is 1. The zero-order valence-corrected chi connectivity index (χ0v) is 30.2. The first-order chi connectivity index (χ1) is 26.8. The Labute approximate surface area is 317 Å². The van der Waals surface area contributed by atoms with Crippen LogP contribution in [-0.4, -0.2) is 81.9 Å². The van der Waals surface area contributed by atoms with Gasteiger partial charge in [0, 0.05) is 18.2 Å². The van der Waals surface area contributed by atoms with Crippen molar-refractivity contribution < 1.29 is 52.6 Å². The molecule has 1 aliphatic heterocycles. The van der Waals surface area contributed by atoms with Gasteiger partial charge in [0.2, 0.25) is 0 Å². The summed E-state index contributed by atoms with van der Waals surface area (Å²) in [5.74, 6) is -0.692. The van der Waals surface area contributed by atoms with Crippen LogP contribution in [0.4, 0.5) is 21.0 Å². The van der Waals surface area contributed by atoms with Gasteiger partial charge in [-0.25, -0.2) is 14.4 Å². The maximum Gasteiger partial charge on any atom is 0.412 e. The van der Waals surface area contributed by atoms with E-state index in [1.807, 2.05) is 84.9 Å². The number of methoxy groups -OCH3 is 3. The van der Waals surface area contributed by atoms with Gasteiger partial charge in [0.25, 0.3) is 0 Å². The van der Waals surface area contributed by atoms with Gasteiger partial charge >= 0.3 is 18.2 Å². The second-order valence-corrected chi connectivity index (χ2v) is 12.2. The number of carbonyl (C=O) groups excluding carboxylic acids is 3. The minimum Gasteiger partial charge on any atom is -0.496 e. The van der Waals surface area contributed by atoms with Crippen LogP contribution >= 0.6 is 0 Å². The van der Waals surface area contributed by atoms with Crippen molar-refractivity contribution in [2.45, 2.75) is 30.7 Å². The lowest BCUT2D eigenvalue weighted by atomic mass is 9.98. The summed E-state index contributed by atoms with van der Waals surface area (Å²) in [6.45, 7) is -0.706. The summed E-state index contributed by atoms with van der Waals surface area (Å²) < 4.78 is 40.3. The highest BCUT2D eigenvalue weighted by molar-refractivity contribution is 5.96. The minimum atomic E-state index is -1.60. The first-order valence-electron chi connectivity index (χ1n) is 17.3. The molecule has 5 atom stereocenters. The zero-order chi connectivity index (χ0) is 38.7. The number of para-hydroxylation sites is 2. The summed E-state index contributed by atoms with van der Waals surface area (Å²) in [6.07, 6.45) is -9.34. The zero-order valence-electron chi connectivity index (χ0n) is 30.2. The Bertz CT molecular complexity index is 2060. The number of hydrogen-bond donors (Lipinski definition) is 3. The third-order valence-corrected chi connectivity index (χ3v) is 8.86. The van der Waals surface area contributed by atoms with Crippen molar-refractivity contribution in [2.24, 2.45) is 0 Å². The molecule has 6 rings (SSSR count). The van der Waals surface area contributed by atoms with Crippen LogP contribution in [-0.2, 0) is 23.7 Å². The predicted octanol–water partition coefficient (Wildman–Crippen LogP) is 7.16. The lowest BCUT2D eigenvalue weighted by Crippen LogP contribution is -2.63. The molecule has 0 spiro atoms. The number of carbonyl (C=O) groups is 3. The average Bonchev–Trinajstić information content (AvgIpc) is 3.22. The standard InChI is InChI=1S/C42H40N2O11/c1-49-32-23-14-24-33(50-2)35(32)39(46)53-36-34(25-45)52-40(51-3)38(55-42(48)44-31-22-13-11-20-29(31)27-17-8-5-9-18-27)37(36)54-41(47)43-30-21-12-10-19-28(30)26-15-6-4-7-16-26/h4-24,34,36-38,40,45H,25H2,1-3H3,(H,43,47)(H,44,48)/t34-,36-,37+,38+,40+/m1/s1. The highest BCUT2D eigenvalue weighted by atomic mass is 16.7. The molecule has 13 nitrogen and oxygen atoms in total. The number of nitrogens with one attached hydrogen (secondary N) is 2. The normalized spacial score (nSPS) is 19.0. The van der Waals surface area contributed by atoms with Crippen molar-refractivity contribution in [2.75, 3.05) is 38.6 Å². The molecule has 13 heteroatoms. The van der Waals surface area contributed by atoms with E-state index >= 15 is 0 Å². The summed E-state index contributed by atoms with van der Waals surface area (Å²) >= 11 is 0. The fourth-order valence-electron chi connectivity index (χ4n) is 6.30. The van der Waals surface area contributed by atoms with Crippen molar-refractivity contribution >= 4 is 29.5 Å². The van der Waals surface area contributed by atoms with Gasteiger partial charge in [0.15, 0.2) is 24.6 Å². The molecule has 1 fully saturated rings. The number of anilines is 2. The summed E-state index contributed by atoms with van der Waals surface area (Å²) in [6, 6.07) is 37.7. The molecule has 5 aromatic rings. The number of ether oxygens (including phenoxy) is 7. The van der Waals surface area contributed by atoms with Gasteiger partial charge in [-0.15, -0.1) is 0 Å². The molecule has 0 aromatic heterocycles. The number of hydrogen-bond acceptors (Lipinski definition) is 11. The van der Waals surface area contributed by atoms with Crippen LogP contribution in [0.5, 0.6) is 11.5 Å². The molecule has 0 saturated carbocycles. The molecule has 3 N–H and O–H groups in total. The predicted molar refractivity (Wildman–Crippen MR) is 203 cm³/mol. The maximum absolute atomic E-state index is 13.9. The smallest absolute Gasteiger partial charge is 0.412 e. The summed E-state index contributed by atoms with van der Waals surface area (Å²) in [4.78, 5) is 41.5. The average molecular weight is 749 g/mol. The molecular formula is C42H40N2O11. The molecule has 5 aromatic carbocycles. The van der Waals surface area contributed by atoms with E-state index < -0.39 is 55.5 Å². The van der Waals surface area contributed by atoms with Crippen molar-refractivity contribution in [3.8, 4) is 33.8 Å². The van der Waals surface area contributed by atoms with E-state index in [0.717, 1.165) is 11.1 Å². The largest absolute Gasteiger partial charge is 0.496 e. The molecule has 0 bridgehead atoms. The van der Waals surface area contributed by atoms with E-state index in [2.05, 4.69) is 10.6 Å². The number of rotatable bonds is 12. The van der Waals surface area contributed by atoms with Gasteiger partial charge in [-0.05, 0) is 35.4 Å². The SMILES string of the molecule is COc1cccc(OC)c1C(=O)O[C@H]1[C@H](OC(=O)Nc2ccccc2-c2ccccc2)[C@H](OC(=O)Nc2ccccc2-c2ccccc2)[C@@H](OC)O[C@@H]1CO. The van der Waals surface area contributed by atoms with Crippen LogP contribution < -0.4 is 20.1 Å². The van der Waals surface area contributed by atoms with E-state index in [9.17, 15) is 19.5 Å². The fraction of sp³-hybridized carbons (Fsp3) is 0.214. The molecule has 2 amide bonds. The van der Waals surface area contributed by atoms with E-state index in [1.165, 1.54) is 33.5 Å². The highest BCUT2D eigenvalue weighted by Gasteiger charge is 2.53. The Hall–Kier alpha value is -6.41. The topological polar surface area (TPSA) is 160 Å². The molecular weight excluding hydrogens is 708 g/mol. The summed E-state index contributed by atoms with van der Waals surface area (Å²) in [5, 5.41) is 16.0. The third-order valence-electron chi connectivity index (χ3n) is 8.86. The molecule has 1 heterocycles. The van der Waals surface area contributed by atoms with Crippen molar-refractivity contribution in [3.63, 3.8) is 0 Å². The first kappa shape index (κ1) is 38.3. The van der Waals surface area contributed by atoms with Crippen LogP contribution in [0.25, 0.3) is 22.3 Å². The number of aliphatic hydroxyl groups excluding tert-OH is 1. The Morgan fingerprint density at radius 1 is 0.582 bits per heavy atom. The Morgan fingerprint density at radius 3 is 1.53 bits per heavy atom. The Balaban J connectivity index is 1.34. The lowest BCUT2D eigenvalue weighted by Gasteiger charge is -2.43. The van der Waals surface area contributed by atoms with Gasteiger partial charge < -0.3 is 38.3 Å². The van der Waals surface area contributed by atoms with Crippen molar-refractivity contribution in [1.29, 1.82) is 0 Å². The van der Waals surface area contributed by atoms with Crippen molar-refractivity contribution in [3.05, 3.63) is 133 Å². The quantitative estimate of drug-likeness (QED) is 0.0878. The van der Waals surface area contributed by atoms with E-state index in [1.54, 1.807) is 30.3 Å². The van der Waals surface area contributed by atoms with Gasteiger partial charge in [-0.2, -0.15) is 0 Å². The highest BCUT2D eigenvalue weighted by Crippen LogP contribution is 2.35. The Morgan fingerprint density at radius 2 is 1.05 bits per heavy atom. The molecule has 284 valence electrons. The van der Waals surface area contributed by atoms with Crippen LogP contribution in [0.2, 0.25) is 0 Å². The number of esters is 1. The molecule has 0 aliphatic carbocycles. The van der Waals surface area contributed by atoms with E-state index in [0.29, 0.717) is 22.5 Å². The van der Waals surface area contributed by atoms with E-state index in [4.69, 9.17) is 33.2 Å². The van der Waals surface area contributed by atoms with Crippen LogP contribution in [0.3, 0.4) is 0 Å². The van der Waals surface area contributed by atoms with Crippen LogP contribution in [0.1, 0.15) is 10.4 Å². The summed E-state index contributed by atoms with van der Waals surface area (Å²) in [7, 11) is 4.03. The van der Waals surface area contributed by atoms with Gasteiger partial charge in [-0.3, -0.25) is 10.6 Å². The van der Waals surface area contributed by atoms with Crippen LogP contribution in [0, 0.1) is 0 Å². The number of benzene rings is 5. The fourth-order valence-corrected chi connectivity index (χ4v) is 6.30. The minimum absolute atomic E-state index is 0.0780. The number of amides is 2. The third kappa shape index (κ3) is 8.87. The lowest BCUT2D eigenvalue weighted by molar-refractivity contribution is -0.290. The molecule has 55 heavy (non-hydrogen) atoms. The first-order valence-corrected chi connectivity index (χ1v) is 17.3. The maximum atomic E-state index is 13.9. The summed E-state index contributed by atoms with van der Waals surface area (Å²) in [5.41, 5.74) is 3.84. The molecule has 1 saturated heterocycles. The Kier molecular flexibility index (Phi) is 12.6. The van der Waals surface area contributed by atoms with Crippen LogP contribution in [0.15, 0.2) is 127 Å². The van der Waals surface area contributed by atoms with Crippen molar-refractivity contribution in [1.82, 2.24) is 0 Å². The molecule has 1 aliphatic rings. The van der Waals surface area contributed by atoms with Gasteiger partial charge in [0.1, 0.15) is 23.2 Å².